The fourth-order valence-corrected chi connectivity index (χ4v) is 0.512. The van der Waals surface area contributed by atoms with E-state index in [1.165, 1.54) is 0 Å². The SMILES string of the molecule is CC(O)C(=O)C(C)(O)C(=O)O.[Ca+2].[H-].[H-]. The standard InChI is InChI=1S/C6H10O5.Ca.2H/c1-3(7)4(8)6(2,11)5(9)10;;;/h3,7,11H,1-2H3,(H,9,10);;;/q;+2;2*-1. The molecule has 5 nitrogen and oxygen atoms in total. The van der Waals surface area contributed by atoms with Crippen LogP contribution < -0.4 is 0 Å². The van der Waals surface area contributed by atoms with Crippen molar-refractivity contribution in [2.45, 2.75) is 25.6 Å². The van der Waals surface area contributed by atoms with E-state index in [0.717, 1.165) is 13.8 Å². The van der Waals surface area contributed by atoms with Gasteiger partial charge in [0.1, 0.15) is 6.10 Å². The summed E-state index contributed by atoms with van der Waals surface area (Å²) in [6.45, 7) is 1.92. The second kappa shape index (κ2) is 5.14. The van der Waals surface area contributed by atoms with Crippen LogP contribution in [0.15, 0.2) is 0 Å². The number of carbonyl (C=O) groups is 2. The summed E-state index contributed by atoms with van der Waals surface area (Å²) < 4.78 is 0. The van der Waals surface area contributed by atoms with Crippen LogP contribution in [0.2, 0.25) is 0 Å². The third-order valence-electron chi connectivity index (χ3n) is 1.28. The molecule has 0 heterocycles. The van der Waals surface area contributed by atoms with Gasteiger partial charge in [0, 0.05) is 0 Å². The molecule has 0 bridgehead atoms. The predicted molar refractivity (Wildman–Crippen MR) is 42.9 cm³/mol. The van der Waals surface area contributed by atoms with Crippen LogP contribution in [0.5, 0.6) is 0 Å². The number of carboxylic acid groups (broad SMARTS) is 1. The van der Waals surface area contributed by atoms with Gasteiger partial charge in [-0.1, -0.05) is 0 Å². The van der Waals surface area contributed by atoms with Crippen molar-refractivity contribution in [3.8, 4) is 0 Å². The van der Waals surface area contributed by atoms with E-state index >= 15 is 0 Å². The number of hydrogen-bond acceptors (Lipinski definition) is 4. The molecule has 0 aromatic carbocycles. The van der Waals surface area contributed by atoms with Gasteiger partial charge < -0.3 is 18.2 Å². The fraction of sp³-hybridized carbons (Fsp3) is 0.667. The van der Waals surface area contributed by atoms with Crippen LogP contribution in [0.25, 0.3) is 0 Å². The topological polar surface area (TPSA) is 94.8 Å². The Bertz CT molecular complexity index is 195. The van der Waals surface area contributed by atoms with E-state index < -0.39 is 23.5 Å². The van der Waals surface area contributed by atoms with E-state index in [1.807, 2.05) is 0 Å². The van der Waals surface area contributed by atoms with E-state index in [0.29, 0.717) is 0 Å². The van der Waals surface area contributed by atoms with E-state index in [9.17, 15) is 9.59 Å². The Labute approximate surface area is 102 Å². The molecule has 12 heavy (non-hydrogen) atoms. The number of ketones is 1. The zero-order chi connectivity index (χ0) is 9.23. The van der Waals surface area contributed by atoms with Crippen molar-refractivity contribution in [2.24, 2.45) is 0 Å². The number of Topliss-reactive ketones (excluding diaryl/α,β-unsaturated/α-hetero) is 1. The van der Waals surface area contributed by atoms with Gasteiger partial charge in [-0.25, -0.2) is 4.79 Å². The molecule has 0 aliphatic heterocycles. The summed E-state index contributed by atoms with van der Waals surface area (Å²) >= 11 is 0. The normalized spacial score (nSPS) is 17.0. The average Bonchev–Trinajstić information content (AvgIpc) is 1.85. The van der Waals surface area contributed by atoms with Gasteiger partial charge in [-0.3, -0.25) is 4.79 Å². The molecule has 0 saturated heterocycles. The Balaban J connectivity index is -0.000000167. The second-order valence-corrected chi connectivity index (χ2v) is 2.42. The quantitative estimate of drug-likeness (QED) is 0.389. The fourth-order valence-electron chi connectivity index (χ4n) is 0.512. The molecule has 0 saturated carbocycles. The number of aliphatic hydroxyl groups is 2. The minimum absolute atomic E-state index is 0. The summed E-state index contributed by atoms with van der Waals surface area (Å²) in [5.41, 5.74) is -2.49. The van der Waals surface area contributed by atoms with Crippen LogP contribution in [0.3, 0.4) is 0 Å². The smallest absolute Gasteiger partial charge is 1.00 e. The molecule has 68 valence electrons. The van der Waals surface area contributed by atoms with Crippen molar-refractivity contribution in [1.82, 2.24) is 0 Å². The van der Waals surface area contributed by atoms with Gasteiger partial charge in [0.15, 0.2) is 0 Å². The second-order valence-electron chi connectivity index (χ2n) is 2.42. The van der Waals surface area contributed by atoms with Gasteiger partial charge in [0.2, 0.25) is 11.4 Å². The van der Waals surface area contributed by atoms with Crippen LogP contribution in [0, 0.1) is 0 Å². The molecule has 0 aliphatic rings. The predicted octanol–water partition coefficient (Wildman–Crippen LogP) is -1.38. The van der Waals surface area contributed by atoms with Crippen molar-refractivity contribution in [3.63, 3.8) is 0 Å². The van der Waals surface area contributed by atoms with Gasteiger partial charge in [-0.2, -0.15) is 0 Å². The molecule has 0 radical (unpaired) electrons. The summed E-state index contributed by atoms with van der Waals surface area (Å²) in [4.78, 5) is 20.9. The van der Waals surface area contributed by atoms with E-state index in [4.69, 9.17) is 15.3 Å². The number of rotatable bonds is 3. The first-order valence-corrected chi connectivity index (χ1v) is 2.98. The van der Waals surface area contributed by atoms with E-state index in [1.54, 1.807) is 0 Å². The molecule has 0 amide bonds. The minimum atomic E-state index is -2.49. The Kier molecular flexibility index (Phi) is 6.34. The third kappa shape index (κ3) is 3.37. The number of carbonyl (C=O) groups excluding carboxylic acids is 1. The van der Waals surface area contributed by atoms with Crippen LogP contribution in [0.4, 0.5) is 0 Å². The van der Waals surface area contributed by atoms with Crippen molar-refractivity contribution < 1.29 is 27.8 Å². The van der Waals surface area contributed by atoms with E-state index in [-0.39, 0.29) is 40.6 Å². The summed E-state index contributed by atoms with van der Waals surface area (Å²) in [5, 5.41) is 25.8. The van der Waals surface area contributed by atoms with Crippen LogP contribution in [-0.4, -0.2) is 76.5 Å². The third-order valence-corrected chi connectivity index (χ3v) is 1.28. The van der Waals surface area contributed by atoms with Crippen LogP contribution in [-0.2, 0) is 9.59 Å². The van der Waals surface area contributed by atoms with Gasteiger partial charge >= 0.3 is 43.7 Å². The summed E-state index contributed by atoms with van der Waals surface area (Å²) in [6, 6.07) is 0. The molecule has 0 aromatic rings. The number of aliphatic carboxylic acids is 1. The largest absolute Gasteiger partial charge is 2.00 e. The maximum atomic E-state index is 10.7. The maximum absolute atomic E-state index is 10.7. The van der Waals surface area contributed by atoms with Crippen LogP contribution in [0.1, 0.15) is 16.7 Å². The molecule has 0 fully saturated rings. The monoisotopic (exact) mass is 204 g/mol. The van der Waals surface area contributed by atoms with Crippen molar-refractivity contribution in [2.75, 3.05) is 0 Å². The first-order chi connectivity index (χ1) is 4.80. The maximum Gasteiger partial charge on any atom is 2.00 e. The molecule has 0 rings (SSSR count). The summed E-state index contributed by atoms with van der Waals surface area (Å²) in [5.74, 6) is -2.78. The summed E-state index contributed by atoms with van der Waals surface area (Å²) in [7, 11) is 0. The van der Waals surface area contributed by atoms with Crippen molar-refractivity contribution >= 4 is 49.5 Å². The molecule has 0 aliphatic carbocycles. The molecule has 0 aromatic heterocycles. The molecule has 0 spiro atoms. The van der Waals surface area contributed by atoms with E-state index in [2.05, 4.69) is 0 Å². The Morgan fingerprint density at radius 2 is 1.83 bits per heavy atom. The first kappa shape index (κ1) is 14.8. The molecule has 3 N–H and O–H groups in total. The summed E-state index contributed by atoms with van der Waals surface area (Å²) in [6.07, 6.45) is -1.47. The van der Waals surface area contributed by atoms with Crippen LogP contribution >= 0.6 is 0 Å². The molecule has 2 atom stereocenters. The van der Waals surface area contributed by atoms with Crippen molar-refractivity contribution in [1.29, 1.82) is 0 Å². The number of carboxylic acids is 1. The van der Waals surface area contributed by atoms with Gasteiger partial charge in [-0.05, 0) is 13.8 Å². The molecular weight excluding hydrogens is 192 g/mol. The zero-order valence-corrected chi connectivity index (χ0v) is 9.15. The Morgan fingerprint density at radius 3 is 1.92 bits per heavy atom. The van der Waals surface area contributed by atoms with Gasteiger partial charge in [0.25, 0.3) is 0 Å². The van der Waals surface area contributed by atoms with Gasteiger partial charge in [0.05, 0.1) is 0 Å². The Morgan fingerprint density at radius 1 is 1.50 bits per heavy atom. The number of aliphatic hydroxyl groups excluding tert-OH is 1. The number of hydrogen-bond donors (Lipinski definition) is 3. The minimum Gasteiger partial charge on any atom is -1.00 e. The molecular formula is C6H12CaO5. The molecule has 6 heteroatoms. The molecule has 2 unspecified atom stereocenters. The van der Waals surface area contributed by atoms with Gasteiger partial charge in [-0.15, -0.1) is 0 Å². The average molecular weight is 204 g/mol. The Hall–Kier alpha value is 0.320. The zero-order valence-electron chi connectivity index (χ0n) is 8.94. The van der Waals surface area contributed by atoms with Crippen molar-refractivity contribution in [3.05, 3.63) is 0 Å². The first-order valence-electron chi connectivity index (χ1n) is 2.98.